The minimum absolute atomic E-state index is 0.224. The third-order valence-corrected chi connectivity index (χ3v) is 3.59. The lowest BCUT2D eigenvalue weighted by molar-refractivity contribution is -0.164. The zero-order valence-corrected chi connectivity index (χ0v) is 12.5. The Morgan fingerprint density at radius 3 is 2.33 bits per heavy atom. The second kappa shape index (κ2) is 8.49. The van der Waals surface area contributed by atoms with Crippen LogP contribution in [0.25, 0.3) is 0 Å². The molecule has 1 fully saturated rings. The maximum Gasteiger partial charge on any atom is 0.410 e. The SMILES string of the molecule is CCC(=O)OC(C)OC(=O)NCC1CCC(C(=O)O)CC1. The highest BCUT2D eigenvalue weighted by atomic mass is 16.7. The van der Waals surface area contributed by atoms with Gasteiger partial charge < -0.3 is 19.9 Å². The first-order chi connectivity index (χ1) is 9.92. The number of carboxylic acid groups (broad SMARTS) is 1. The molecule has 0 aromatic heterocycles. The van der Waals surface area contributed by atoms with Crippen LogP contribution in [0.4, 0.5) is 4.79 Å². The molecule has 7 heteroatoms. The molecule has 21 heavy (non-hydrogen) atoms. The van der Waals surface area contributed by atoms with Crippen molar-refractivity contribution in [1.29, 1.82) is 0 Å². The number of hydrogen-bond donors (Lipinski definition) is 2. The number of carbonyl (C=O) groups is 3. The van der Waals surface area contributed by atoms with Crippen molar-refractivity contribution in [2.75, 3.05) is 6.54 Å². The molecule has 0 heterocycles. The van der Waals surface area contributed by atoms with Crippen LogP contribution >= 0.6 is 0 Å². The van der Waals surface area contributed by atoms with Crippen molar-refractivity contribution in [3.05, 3.63) is 0 Å². The van der Waals surface area contributed by atoms with E-state index in [9.17, 15) is 14.4 Å². The van der Waals surface area contributed by atoms with E-state index >= 15 is 0 Å². The third-order valence-electron chi connectivity index (χ3n) is 3.59. The summed E-state index contributed by atoms with van der Waals surface area (Å²) in [5.41, 5.74) is 0. The Kier molecular flexibility index (Phi) is 6.98. The monoisotopic (exact) mass is 301 g/mol. The van der Waals surface area contributed by atoms with Gasteiger partial charge in [-0.3, -0.25) is 9.59 Å². The van der Waals surface area contributed by atoms with E-state index in [0.717, 1.165) is 12.8 Å². The van der Waals surface area contributed by atoms with Gasteiger partial charge in [0.15, 0.2) is 0 Å². The Hall–Kier alpha value is -1.79. The maximum absolute atomic E-state index is 11.5. The van der Waals surface area contributed by atoms with Gasteiger partial charge in [0.1, 0.15) is 0 Å². The number of ether oxygens (including phenoxy) is 2. The Balaban J connectivity index is 2.19. The summed E-state index contributed by atoms with van der Waals surface area (Å²) in [6.45, 7) is 3.58. The zero-order chi connectivity index (χ0) is 15.8. The Bertz CT molecular complexity index is 376. The highest BCUT2D eigenvalue weighted by Gasteiger charge is 2.26. The first kappa shape index (κ1) is 17.3. The summed E-state index contributed by atoms with van der Waals surface area (Å²) in [4.78, 5) is 33.4. The average Bonchev–Trinajstić information content (AvgIpc) is 2.45. The maximum atomic E-state index is 11.5. The molecule has 1 rings (SSSR count). The van der Waals surface area contributed by atoms with Crippen molar-refractivity contribution in [2.24, 2.45) is 11.8 Å². The Morgan fingerprint density at radius 2 is 1.81 bits per heavy atom. The third kappa shape index (κ3) is 6.46. The van der Waals surface area contributed by atoms with Gasteiger partial charge in [-0.05, 0) is 31.6 Å². The Morgan fingerprint density at radius 1 is 1.19 bits per heavy atom. The molecule has 0 aliphatic heterocycles. The van der Waals surface area contributed by atoms with Crippen molar-refractivity contribution >= 4 is 18.0 Å². The van der Waals surface area contributed by atoms with Crippen molar-refractivity contribution in [3.63, 3.8) is 0 Å². The highest BCUT2D eigenvalue weighted by Crippen LogP contribution is 2.28. The van der Waals surface area contributed by atoms with E-state index in [0.29, 0.717) is 19.4 Å². The summed E-state index contributed by atoms with van der Waals surface area (Å²) in [7, 11) is 0. The number of aliphatic carboxylic acids is 1. The van der Waals surface area contributed by atoms with Crippen LogP contribution in [0.1, 0.15) is 46.0 Å². The smallest absolute Gasteiger partial charge is 0.410 e. The fraction of sp³-hybridized carbons (Fsp3) is 0.786. The summed E-state index contributed by atoms with van der Waals surface area (Å²) in [5, 5.41) is 11.5. The van der Waals surface area contributed by atoms with Crippen LogP contribution < -0.4 is 5.32 Å². The number of carbonyl (C=O) groups excluding carboxylic acids is 2. The fourth-order valence-electron chi connectivity index (χ4n) is 2.33. The predicted molar refractivity (Wildman–Crippen MR) is 73.4 cm³/mol. The van der Waals surface area contributed by atoms with Crippen molar-refractivity contribution in [1.82, 2.24) is 5.32 Å². The molecule has 0 bridgehead atoms. The van der Waals surface area contributed by atoms with Gasteiger partial charge in [0.2, 0.25) is 6.29 Å². The molecule has 0 aromatic carbocycles. The lowest BCUT2D eigenvalue weighted by Gasteiger charge is -2.26. The molecule has 120 valence electrons. The van der Waals surface area contributed by atoms with Gasteiger partial charge in [0.25, 0.3) is 0 Å². The van der Waals surface area contributed by atoms with Gasteiger partial charge >= 0.3 is 18.0 Å². The highest BCUT2D eigenvalue weighted by molar-refractivity contribution is 5.70. The molecule has 1 unspecified atom stereocenters. The van der Waals surface area contributed by atoms with Gasteiger partial charge in [-0.1, -0.05) is 6.92 Å². The van der Waals surface area contributed by atoms with E-state index in [2.05, 4.69) is 5.32 Å². The number of amides is 1. The average molecular weight is 301 g/mol. The van der Waals surface area contributed by atoms with Gasteiger partial charge in [-0.2, -0.15) is 0 Å². The number of nitrogens with one attached hydrogen (secondary N) is 1. The van der Waals surface area contributed by atoms with Crippen LogP contribution in [0.15, 0.2) is 0 Å². The van der Waals surface area contributed by atoms with E-state index in [1.165, 1.54) is 6.92 Å². The minimum Gasteiger partial charge on any atom is -0.481 e. The van der Waals surface area contributed by atoms with E-state index in [4.69, 9.17) is 14.6 Å². The van der Waals surface area contributed by atoms with Gasteiger partial charge in [0.05, 0.1) is 5.92 Å². The van der Waals surface area contributed by atoms with Crippen LogP contribution in [0.3, 0.4) is 0 Å². The lowest BCUT2D eigenvalue weighted by atomic mass is 9.82. The van der Waals surface area contributed by atoms with E-state index in [1.54, 1.807) is 6.92 Å². The number of rotatable bonds is 6. The molecule has 1 aliphatic carbocycles. The molecule has 1 amide bonds. The van der Waals surface area contributed by atoms with Gasteiger partial charge in [-0.15, -0.1) is 0 Å². The Labute approximate surface area is 124 Å². The molecule has 0 aromatic rings. The fourth-order valence-corrected chi connectivity index (χ4v) is 2.33. The largest absolute Gasteiger partial charge is 0.481 e. The summed E-state index contributed by atoms with van der Waals surface area (Å²) < 4.78 is 9.70. The molecular formula is C14H23NO6. The molecule has 1 aliphatic rings. The van der Waals surface area contributed by atoms with E-state index in [-0.39, 0.29) is 18.3 Å². The topological polar surface area (TPSA) is 102 Å². The van der Waals surface area contributed by atoms with E-state index in [1.807, 2.05) is 0 Å². The lowest BCUT2D eigenvalue weighted by Crippen LogP contribution is -2.35. The molecule has 7 nitrogen and oxygen atoms in total. The number of esters is 1. The van der Waals surface area contributed by atoms with Crippen LogP contribution in [0.2, 0.25) is 0 Å². The minimum atomic E-state index is -0.916. The van der Waals surface area contributed by atoms with Crippen molar-refractivity contribution < 1.29 is 29.0 Å². The second-order valence-electron chi connectivity index (χ2n) is 5.25. The molecule has 1 saturated carbocycles. The summed E-state index contributed by atoms with van der Waals surface area (Å²) >= 11 is 0. The molecular weight excluding hydrogens is 278 g/mol. The van der Waals surface area contributed by atoms with Crippen LogP contribution in [-0.2, 0) is 19.1 Å². The molecule has 0 saturated heterocycles. The summed E-state index contributed by atoms with van der Waals surface area (Å²) in [6.07, 6.45) is 1.51. The van der Waals surface area contributed by atoms with Gasteiger partial charge in [-0.25, -0.2) is 4.79 Å². The number of hydrogen-bond acceptors (Lipinski definition) is 5. The van der Waals surface area contributed by atoms with Gasteiger partial charge in [0, 0.05) is 19.9 Å². The normalized spacial score (nSPS) is 23.0. The number of carboxylic acids is 1. The number of alkyl carbamates (subject to hydrolysis) is 1. The van der Waals surface area contributed by atoms with Crippen LogP contribution in [0, 0.1) is 11.8 Å². The van der Waals surface area contributed by atoms with E-state index < -0.39 is 24.3 Å². The van der Waals surface area contributed by atoms with Crippen molar-refractivity contribution in [3.8, 4) is 0 Å². The first-order valence-corrected chi connectivity index (χ1v) is 7.29. The first-order valence-electron chi connectivity index (χ1n) is 7.29. The predicted octanol–water partition coefficient (Wildman–Crippen LogP) is 1.90. The van der Waals surface area contributed by atoms with Crippen molar-refractivity contribution in [2.45, 2.75) is 52.2 Å². The standard InChI is InChI=1S/C14H23NO6/c1-3-12(16)20-9(2)21-14(19)15-8-10-4-6-11(7-5-10)13(17)18/h9-11H,3-8H2,1-2H3,(H,15,19)(H,17,18). The van der Waals surface area contributed by atoms with Crippen LogP contribution in [0.5, 0.6) is 0 Å². The summed E-state index contributed by atoms with van der Waals surface area (Å²) in [6, 6.07) is 0. The second-order valence-corrected chi connectivity index (χ2v) is 5.25. The zero-order valence-electron chi connectivity index (χ0n) is 12.5. The molecule has 0 radical (unpaired) electrons. The quantitative estimate of drug-likeness (QED) is 0.574. The molecule has 1 atom stereocenters. The molecule has 2 N–H and O–H groups in total. The summed E-state index contributed by atoms with van der Waals surface area (Å²) in [5.74, 6) is -1.17. The molecule has 0 spiro atoms. The van der Waals surface area contributed by atoms with Crippen LogP contribution in [-0.4, -0.2) is 36.0 Å².